The molecule has 2 N–H and O–H groups in total. The molecule has 0 aliphatic heterocycles. The van der Waals surface area contributed by atoms with Crippen LogP contribution < -0.4 is 10.9 Å². The van der Waals surface area contributed by atoms with Crippen molar-refractivity contribution in [2.45, 2.75) is 6.42 Å². The highest BCUT2D eigenvalue weighted by atomic mass is 79.9. The van der Waals surface area contributed by atoms with Crippen LogP contribution in [-0.2, 0) is 13.5 Å². The normalized spacial score (nSPS) is 11.0. The molecule has 2 heterocycles. The number of aromatic amines is 1. The maximum absolute atomic E-state index is 11.8. The van der Waals surface area contributed by atoms with Crippen LogP contribution in [0.15, 0.2) is 46.1 Å². The molecule has 0 aliphatic carbocycles. The minimum absolute atomic E-state index is 0.112. The predicted molar refractivity (Wildman–Crippen MR) is 87.7 cm³/mol. The van der Waals surface area contributed by atoms with Crippen molar-refractivity contribution in [1.29, 1.82) is 0 Å². The zero-order chi connectivity index (χ0) is 14.8. The van der Waals surface area contributed by atoms with E-state index in [2.05, 4.69) is 37.3 Å². The SMILES string of the molecule is Cn1ccnc(NCCc2c[nH]c3ccc(Br)cc23)c1=O. The minimum Gasteiger partial charge on any atom is -0.365 e. The number of rotatable bonds is 4. The molecule has 0 fully saturated rings. The second-order valence-electron chi connectivity index (χ2n) is 4.87. The number of aromatic nitrogens is 3. The van der Waals surface area contributed by atoms with E-state index in [-0.39, 0.29) is 5.56 Å². The lowest BCUT2D eigenvalue weighted by Crippen LogP contribution is -2.22. The van der Waals surface area contributed by atoms with Crippen molar-refractivity contribution in [1.82, 2.24) is 14.5 Å². The summed E-state index contributed by atoms with van der Waals surface area (Å²) in [6, 6.07) is 6.16. The zero-order valence-corrected chi connectivity index (χ0v) is 13.1. The van der Waals surface area contributed by atoms with Crippen molar-refractivity contribution in [3.8, 4) is 0 Å². The molecule has 2 aromatic heterocycles. The minimum atomic E-state index is -0.112. The van der Waals surface area contributed by atoms with Crippen molar-refractivity contribution in [2.24, 2.45) is 7.05 Å². The van der Waals surface area contributed by atoms with Gasteiger partial charge >= 0.3 is 0 Å². The number of nitrogens with one attached hydrogen (secondary N) is 2. The summed E-state index contributed by atoms with van der Waals surface area (Å²) < 4.78 is 2.57. The Kier molecular flexibility index (Phi) is 3.79. The van der Waals surface area contributed by atoms with E-state index in [1.165, 1.54) is 15.5 Å². The molecule has 0 atom stereocenters. The molecule has 0 radical (unpaired) electrons. The highest BCUT2D eigenvalue weighted by Crippen LogP contribution is 2.22. The van der Waals surface area contributed by atoms with E-state index >= 15 is 0 Å². The summed E-state index contributed by atoms with van der Waals surface area (Å²) in [6.45, 7) is 0.658. The molecular weight excluding hydrogens is 332 g/mol. The lowest BCUT2D eigenvalue weighted by Gasteiger charge is -2.05. The Labute approximate surface area is 130 Å². The van der Waals surface area contributed by atoms with Crippen LogP contribution in [-0.4, -0.2) is 21.1 Å². The van der Waals surface area contributed by atoms with E-state index in [1.54, 1.807) is 19.4 Å². The molecule has 0 aliphatic rings. The summed E-state index contributed by atoms with van der Waals surface area (Å²) in [5.41, 5.74) is 2.22. The molecule has 0 bridgehead atoms. The smallest absolute Gasteiger partial charge is 0.293 e. The van der Waals surface area contributed by atoms with Crippen LogP contribution in [0.4, 0.5) is 5.82 Å². The summed E-state index contributed by atoms with van der Waals surface area (Å²) in [5.74, 6) is 0.390. The van der Waals surface area contributed by atoms with Crippen LogP contribution in [0.1, 0.15) is 5.56 Å². The third kappa shape index (κ3) is 2.85. The Morgan fingerprint density at radius 3 is 3.14 bits per heavy atom. The van der Waals surface area contributed by atoms with Gasteiger partial charge in [-0.15, -0.1) is 0 Å². The second-order valence-corrected chi connectivity index (χ2v) is 5.79. The van der Waals surface area contributed by atoms with Gasteiger partial charge in [0.05, 0.1) is 0 Å². The standard InChI is InChI=1S/C15H15BrN4O/c1-20-7-6-18-14(15(20)21)17-5-4-10-9-19-13-3-2-11(16)8-12(10)13/h2-3,6-9,19H,4-5H2,1H3,(H,17,18). The molecule has 0 amide bonds. The highest BCUT2D eigenvalue weighted by molar-refractivity contribution is 9.10. The van der Waals surface area contributed by atoms with Gasteiger partial charge in [-0.25, -0.2) is 4.98 Å². The number of nitrogens with zero attached hydrogens (tertiary/aromatic N) is 2. The lowest BCUT2D eigenvalue weighted by atomic mass is 10.1. The fourth-order valence-corrected chi connectivity index (χ4v) is 2.65. The van der Waals surface area contributed by atoms with Crippen molar-refractivity contribution < 1.29 is 0 Å². The molecule has 5 nitrogen and oxygen atoms in total. The average molecular weight is 347 g/mol. The van der Waals surface area contributed by atoms with Crippen molar-refractivity contribution in [3.05, 3.63) is 57.2 Å². The van der Waals surface area contributed by atoms with Crippen molar-refractivity contribution >= 4 is 32.7 Å². The molecular formula is C15H15BrN4O. The van der Waals surface area contributed by atoms with Gasteiger partial charge in [0.2, 0.25) is 0 Å². The van der Waals surface area contributed by atoms with Crippen LogP contribution in [0.25, 0.3) is 10.9 Å². The quantitative estimate of drug-likeness (QED) is 0.763. The molecule has 0 saturated heterocycles. The molecule has 0 unspecified atom stereocenters. The zero-order valence-electron chi connectivity index (χ0n) is 11.6. The first-order chi connectivity index (χ1) is 10.1. The number of halogens is 1. The topological polar surface area (TPSA) is 62.7 Å². The van der Waals surface area contributed by atoms with Crippen LogP contribution in [0.5, 0.6) is 0 Å². The molecule has 1 aromatic carbocycles. The summed E-state index contributed by atoms with van der Waals surface area (Å²) in [5, 5.41) is 4.30. The Hall–Kier alpha value is -2.08. The third-order valence-electron chi connectivity index (χ3n) is 3.43. The van der Waals surface area contributed by atoms with E-state index < -0.39 is 0 Å². The molecule has 3 aromatic rings. The maximum Gasteiger partial charge on any atom is 0.293 e. The van der Waals surface area contributed by atoms with Crippen molar-refractivity contribution in [2.75, 3.05) is 11.9 Å². The summed E-state index contributed by atoms with van der Waals surface area (Å²) in [6.07, 6.45) is 6.09. The number of hydrogen-bond acceptors (Lipinski definition) is 3. The molecule has 21 heavy (non-hydrogen) atoms. The summed E-state index contributed by atoms with van der Waals surface area (Å²) in [7, 11) is 1.71. The van der Waals surface area contributed by atoms with Crippen LogP contribution >= 0.6 is 15.9 Å². The van der Waals surface area contributed by atoms with Gasteiger partial charge < -0.3 is 14.9 Å². The van der Waals surface area contributed by atoms with Gasteiger partial charge in [-0.3, -0.25) is 4.79 Å². The number of benzene rings is 1. The number of anilines is 1. The van der Waals surface area contributed by atoms with Crippen LogP contribution in [0, 0.1) is 0 Å². The molecule has 3 rings (SSSR count). The number of H-pyrrole nitrogens is 1. The van der Waals surface area contributed by atoms with Gasteiger partial charge in [0.15, 0.2) is 5.82 Å². The molecule has 108 valence electrons. The van der Waals surface area contributed by atoms with E-state index in [1.807, 2.05) is 18.3 Å². The van der Waals surface area contributed by atoms with Crippen LogP contribution in [0.3, 0.4) is 0 Å². The molecule has 6 heteroatoms. The summed E-state index contributed by atoms with van der Waals surface area (Å²) in [4.78, 5) is 19.2. The first-order valence-electron chi connectivity index (χ1n) is 6.66. The lowest BCUT2D eigenvalue weighted by molar-refractivity contribution is 0.837. The fourth-order valence-electron chi connectivity index (χ4n) is 2.29. The van der Waals surface area contributed by atoms with E-state index in [9.17, 15) is 4.79 Å². The average Bonchev–Trinajstić information content (AvgIpc) is 2.86. The van der Waals surface area contributed by atoms with Gasteiger partial charge in [-0.1, -0.05) is 15.9 Å². The number of hydrogen-bond donors (Lipinski definition) is 2. The Morgan fingerprint density at radius 1 is 1.43 bits per heavy atom. The van der Waals surface area contributed by atoms with Gasteiger partial charge in [-0.2, -0.15) is 0 Å². The largest absolute Gasteiger partial charge is 0.365 e. The fraction of sp³-hybridized carbons (Fsp3) is 0.200. The maximum atomic E-state index is 11.8. The Bertz CT molecular complexity index is 837. The van der Waals surface area contributed by atoms with E-state index in [4.69, 9.17) is 0 Å². The van der Waals surface area contributed by atoms with Crippen molar-refractivity contribution in [3.63, 3.8) is 0 Å². The monoisotopic (exact) mass is 346 g/mol. The second kappa shape index (κ2) is 5.73. The number of fused-ring (bicyclic) bond motifs is 1. The Balaban J connectivity index is 1.74. The predicted octanol–water partition coefficient (Wildman–Crippen LogP) is 2.68. The Morgan fingerprint density at radius 2 is 2.29 bits per heavy atom. The first kappa shape index (κ1) is 13.9. The number of aryl methyl sites for hydroxylation is 1. The first-order valence-corrected chi connectivity index (χ1v) is 7.45. The van der Waals surface area contributed by atoms with Gasteiger partial charge in [0.25, 0.3) is 5.56 Å². The third-order valence-corrected chi connectivity index (χ3v) is 3.93. The molecule has 0 saturated carbocycles. The van der Waals surface area contributed by atoms with Gasteiger partial charge in [0, 0.05) is 47.6 Å². The van der Waals surface area contributed by atoms with Gasteiger partial charge in [0.1, 0.15) is 0 Å². The van der Waals surface area contributed by atoms with E-state index in [0.717, 1.165) is 16.4 Å². The van der Waals surface area contributed by atoms with E-state index in [0.29, 0.717) is 12.4 Å². The van der Waals surface area contributed by atoms with Gasteiger partial charge in [-0.05, 0) is 30.2 Å². The highest BCUT2D eigenvalue weighted by Gasteiger charge is 2.05. The molecule has 0 spiro atoms. The van der Waals surface area contributed by atoms with Crippen LogP contribution in [0.2, 0.25) is 0 Å². The summed E-state index contributed by atoms with van der Waals surface area (Å²) >= 11 is 3.49.